The van der Waals surface area contributed by atoms with Gasteiger partial charge in [0.25, 0.3) is 0 Å². The standard InChI is InChI=1S/C35H52N4O9/c1-34(2,3)47-31(42)37-27(20-24-10-8-7-9-11-24)29(40)22-36-23-30(41)28(38-32(43)48-35(4,5)6)21-25-12-14-26(15-13-25)45-18-16-39-17-19-46-33(39)44/h7-15,27-30,36,40-41H,16-23H2,1-6H3,(H,37,42)(H,38,43)/t27-,28-,29+,30+/m0/s1. The van der Waals surface area contributed by atoms with E-state index in [1.165, 1.54) is 0 Å². The minimum atomic E-state index is -1.06. The van der Waals surface area contributed by atoms with Crippen LogP contribution in [0.2, 0.25) is 0 Å². The molecular formula is C35H52N4O9. The first kappa shape index (κ1) is 38.4. The van der Waals surface area contributed by atoms with Gasteiger partial charge in [0.2, 0.25) is 0 Å². The molecular weight excluding hydrogens is 620 g/mol. The normalized spacial score (nSPS) is 15.9. The van der Waals surface area contributed by atoms with Crippen molar-refractivity contribution >= 4 is 18.3 Å². The largest absolute Gasteiger partial charge is 0.492 e. The Bertz CT molecular complexity index is 1300. The molecule has 48 heavy (non-hydrogen) atoms. The molecule has 1 aliphatic rings. The molecule has 1 heterocycles. The summed E-state index contributed by atoms with van der Waals surface area (Å²) in [7, 11) is 0. The van der Waals surface area contributed by atoms with Crippen LogP contribution < -0.4 is 20.7 Å². The van der Waals surface area contributed by atoms with E-state index < -0.39 is 47.7 Å². The van der Waals surface area contributed by atoms with Crippen LogP contribution in [-0.4, -0.2) is 108 Å². The quantitative estimate of drug-likeness (QED) is 0.167. The summed E-state index contributed by atoms with van der Waals surface area (Å²) >= 11 is 0. The molecule has 0 radical (unpaired) electrons. The first-order chi connectivity index (χ1) is 22.6. The third kappa shape index (κ3) is 14.4. The number of alkyl carbamates (subject to hydrolysis) is 2. The fourth-order valence-electron chi connectivity index (χ4n) is 4.89. The Morgan fingerprint density at radius 2 is 1.31 bits per heavy atom. The van der Waals surface area contributed by atoms with Crippen LogP contribution in [0.15, 0.2) is 54.6 Å². The summed E-state index contributed by atoms with van der Waals surface area (Å²) in [4.78, 5) is 38.4. The highest BCUT2D eigenvalue weighted by Gasteiger charge is 2.28. The van der Waals surface area contributed by atoms with Gasteiger partial charge in [-0.15, -0.1) is 0 Å². The highest BCUT2D eigenvalue weighted by molar-refractivity contribution is 5.69. The summed E-state index contributed by atoms with van der Waals surface area (Å²) in [5.74, 6) is 0.615. The van der Waals surface area contributed by atoms with Gasteiger partial charge in [-0.25, -0.2) is 14.4 Å². The SMILES string of the molecule is CC(C)(C)OC(=O)N[C@@H](Cc1ccccc1)[C@H](O)CNC[C@@H](O)[C@H](Cc1ccc(OCCN2CCOC2=O)cc1)NC(=O)OC(C)(C)C. The second-order valence-corrected chi connectivity index (χ2v) is 13.8. The molecule has 0 bridgehead atoms. The van der Waals surface area contributed by atoms with Gasteiger partial charge in [-0.2, -0.15) is 0 Å². The maximum Gasteiger partial charge on any atom is 0.410 e. The second-order valence-electron chi connectivity index (χ2n) is 13.8. The van der Waals surface area contributed by atoms with Crippen LogP contribution in [0.4, 0.5) is 14.4 Å². The number of ether oxygens (including phenoxy) is 4. The molecule has 0 aliphatic carbocycles. The number of cyclic esters (lactones) is 1. The van der Waals surface area contributed by atoms with E-state index in [1.807, 2.05) is 42.5 Å². The van der Waals surface area contributed by atoms with Gasteiger partial charge in [-0.05, 0) is 77.6 Å². The zero-order valence-electron chi connectivity index (χ0n) is 28.9. The Morgan fingerprint density at radius 1 is 0.812 bits per heavy atom. The van der Waals surface area contributed by atoms with E-state index in [-0.39, 0.29) is 25.6 Å². The van der Waals surface area contributed by atoms with Gasteiger partial charge in [0.1, 0.15) is 30.2 Å². The monoisotopic (exact) mass is 672 g/mol. The van der Waals surface area contributed by atoms with Gasteiger partial charge < -0.3 is 50.0 Å². The number of hydrogen-bond acceptors (Lipinski definition) is 10. The first-order valence-corrected chi connectivity index (χ1v) is 16.3. The van der Waals surface area contributed by atoms with E-state index in [2.05, 4.69) is 16.0 Å². The predicted octanol–water partition coefficient (Wildman–Crippen LogP) is 3.40. The van der Waals surface area contributed by atoms with Crippen molar-refractivity contribution in [3.8, 4) is 5.75 Å². The van der Waals surface area contributed by atoms with E-state index in [4.69, 9.17) is 18.9 Å². The van der Waals surface area contributed by atoms with Crippen molar-refractivity contribution in [3.05, 3.63) is 65.7 Å². The number of benzene rings is 2. The molecule has 5 N–H and O–H groups in total. The summed E-state index contributed by atoms with van der Waals surface area (Å²) in [5, 5.41) is 30.9. The molecule has 0 spiro atoms. The predicted molar refractivity (Wildman–Crippen MR) is 180 cm³/mol. The zero-order valence-corrected chi connectivity index (χ0v) is 28.9. The van der Waals surface area contributed by atoms with E-state index in [0.717, 1.165) is 11.1 Å². The number of carbonyl (C=O) groups excluding carboxylic acids is 3. The zero-order chi connectivity index (χ0) is 35.3. The van der Waals surface area contributed by atoms with Crippen LogP contribution in [0.1, 0.15) is 52.7 Å². The molecule has 2 aromatic carbocycles. The first-order valence-electron chi connectivity index (χ1n) is 16.3. The van der Waals surface area contributed by atoms with E-state index in [9.17, 15) is 24.6 Å². The number of rotatable bonds is 16. The van der Waals surface area contributed by atoms with Crippen LogP contribution in [0.3, 0.4) is 0 Å². The minimum absolute atomic E-state index is 0.0299. The molecule has 0 saturated carbocycles. The number of nitrogens with zero attached hydrogens (tertiary/aromatic N) is 1. The summed E-state index contributed by atoms with van der Waals surface area (Å²) < 4.78 is 21.5. The Morgan fingerprint density at radius 3 is 1.77 bits per heavy atom. The van der Waals surface area contributed by atoms with Gasteiger partial charge in [0.15, 0.2) is 0 Å². The lowest BCUT2D eigenvalue weighted by atomic mass is 10.00. The fraction of sp³-hybridized carbons (Fsp3) is 0.571. The lowest BCUT2D eigenvalue weighted by molar-refractivity contribution is 0.0399. The summed E-state index contributed by atoms with van der Waals surface area (Å²) in [5.41, 5.74) is 0.312. The number of nitrogens with one attached hydrogen (secondary N) is 3. The van der Waals surface area contributed by atoms with Crippen molar-refractivity contribution in [1.29, 1.82) is 0 Å². The van der Waals surface area contributed by atoms with Gasteiger partial charge in [0.05, 0.1) is 37.4 Å². The Kier molecular flexibility index (Phi) is 14.3. The highest BCUT2D eigenvalue weighted by atomic mass is 16.6. The molecule has 1 saturated heterocycles. The molecule has 4 atom stereocenters. The van der Waals surface area contributed by atoms with Crippen LogP contribution in [0.25, 0.3) is 0 Å². The molecule has 266 valence electrons. The summed E-state index contributed by atoms with van der Waals surface area (Å²) in [6, 6.07) is 15.3. The molecule has 13 heteroatoms. The van der Waals surface area contributed by atoms with E-state index >= 15 is 0 Å². The molecule has 3 amide bonds. The Hall–Kier alpha value is -4.07. The van der Waals surface area contributed by atoms with E-state index in [1.54, 1.807) is 58.6 Å². The summed E-state index contributed by atoms with van der Waals surface area (Å²) in [6.07, 6.45) is -3.10. The molecule has 13 nitrogen and oxygen atoms in total. The topological polar surface area (TPSA) is 168 Å². The van der Waals surface area contributed by atoms with Crippen LogP contribution in [0.5, 0.6) is 5.75 Å². The molecule has 1 aliphatic heterocycles. The van der Waals surface area contributed by atoms with Crippen molar-refractivity contribution in [1.82, 2.24) is 20.9 Å². The number of carbonyl (C=O) groups is 3. The minimum Gasteiger partial charge on any atom is -0.492 e. The number of hydrogen-bond donors (Lipinski definition) is 5. The average Bonchev–Trinajstić information content (AvgIpc) is 3.40. The molecule has 0 unspecified atom stereocenters. The van der Waals surface area contributed by atoms with Crippen LogP contribution in [0, 0.1) is 0 Å². The maximum absolute atomic E-state index is 12.7. The Labute approximate surface area is 283 Å². The van der Waals surface area contributed by atoms with Crippen LogP contribution >= 0.6 is 0 Å². The van der Waals surface area contributed by atoms with Gasteiger partial charge in [0, 0.05) is 13.1 Å². The van der Waals surface area contributed by atoms with Crippen molar-refractivity contribution < 1.29 is 43.5 Å². The lowest BCUT2D eigenvalue weighted by Gasteiger charge is -2.29. The lowest BCUT2D eigenvalue weighted by Crippen LogP contribution is -2.53. The van der Waals surface area contributed by atoms with Gasteiger partial charge >= 0.3 is 18.3 Å². The third-order valence-corrected chi connectivity index (χ3v) is 7.19. The van der Waals surface area contributed by atoms with Crippen molar-refractivity contribution in [3.63, 3.8) is 0 Å². The third-order valence-electron chi connectivity index (χ3n) is 7.19. The molecule has 2 aromatic rings. The smallest absolute Gasteiger partial charge is 0.410 e. The van der Waals surface area contributed by atoms with Gasteiger partial charge in [-0.1, -0.05) is 42.5 Å². The average molecular weight is 673 g/mol. The van der Waals surface area contributed by atoms with Crippen molar-refractivity contribution in [2.45, 2.75) is 89.9 Å². The number of aliphatic hydroxyl groups is 2. The number of amides is 3. The van der Waals surface area contributed by atoms with E-state index in [0.29, 0.717) is 38.5 Å². The fourth-order valence-corrected chi connectivity index (χ4v) is 4.89. The highest BCUT2D eigenvalue weighted by Crippen LogP contribution is 2.16. The molecule has 3 rings (SSSR count). The Balaban J connectivity index is 1.60. The summed E-state index contributed by atoms with van der Waals surface area (Å²) in [6.45, 7) is 12.3. The number of aliphatic hydroxyl groups excluding tert-OH is 2. The van der Waals surface area contributed by atoms with Gasteiger partial charge in [-0.3, -0.25) is 0 Å². The van der Waals surface area contributed by atoms with Crippen molar-refractivity contribution in [2.75, 3.05) is 39.4 Å². The van der Waals surface area contributed by atoms with Crippen LogP contribution in [-0.2, 0) is 27.1 Å². The maximum atomic E-state index is 12.7. The second kappa shape index (κ2) is 17.9. The molecule has 1 fully saturated rings. The molecule has 0 aromatic heterocycles. The van der Waals surface area contributed by atoms with Crippen molar-refractivity contribution in [2.24, 2.45) is 0 Å².